The van der Waals surface area contributed by atoms with Crippen molar-refractivity contribution in [3.63, 3.8) is 0 Å². The monoisotopic (exact) mass is 285 g/mol. The molecule has 0 aliphatic heterocycles. The molecule has 1 aromatic carbocycles. The number of amides is 2. The van der Waals surface area contributed by atoms with E-state index in [9.17, 15) is 9.59 Å². The fourth-order valence-electron chi connectivity index (χ4n) is 1.40. The van der Waals surface area contributed by atoms with E-state index >= 15 is 0 Å². The van der Waals surface area contributed by atoms with Gasteiger partial charge in [-0.1, -0.05) is 6.07 Å². The summed E-state index contributed by atoms with van der Waals surface area (Å²) >= 11 is 0. The Morgan fingerprint density at radius 1 is 1.26 bits per heavy atom. The van der Waals surface area contributed by atoms with Gasteiger partial charge in [0.15, 0.2) is 0 Å². The van der Waals surface area contributed by atoms with E-state index in [0.717, 1.165) is 0 Å². The summed E-state index contributed by atoms with van der Waals surface area (Å²) in [6, 6.07) is 6.60. The van der Waals surface area contributed by atoms with Crippen molar-refractivity contribution < 1.29 is 9.59 Å². The number of hydrogen-bond acceptors (Lipinski definition) is 3. The van der Waals surface area contributed by atoms with Crippen LogP contribution >= 0.6 is 12.4 Å². The normalized spacial score (nSPS) is 10.3. The molecule has 0 fully saturated rings. The average Bonchev–Trinajstić information content (AvgIpc) is 2.23. The number of carbonyl (C=O) groups excluding carboxylic acids is 2. The Labute approximate surface area is 119 Å². The SMILES string of the molecule is CC(C)(C)NC(=O)CNC(=O)c1cccc(N)c1.Cl. The molecule has 1 rings (SSSR count). The van der Waals surface area contributed by atoms with E-state index in [-0.39, 0.29) is 36.3 Å². The first-order valence-corrected chi connectivity index (χ1v) is 5.73. The van der Waals surface area contributed by atoms with Gasteiger partial charge in [-0.15, -0.1) is 12.4 Å². The van der Waals surface area contributed by atoms with Crippen molar-refractivity contribution >= 4 is 29.9 Å². The van der Waals surface area contributed by atoms with Gasteiger partial charge in [-0.2, -0.15) is 0 Å². The third-order valence-electron chi connectivity index (χ3n) is 2.07. The Kier molecular flexibility index (Phi) is 6.35. The lowest BCUT2D eigenvalue weighted by Crippen LogP contribution is -2.45. The minimum absolute atomic E-state index is 0. The van der Waals surface area contributed by atoms with Gasteiger partial charge in [0.05, 0.1) is 6.54 Å². The van der Waals surface area contributed by atoms with Gasteiger partial charge in [-0.05, 0) is 39.0 Å². The molecule has 5 nitrogen and oxygen atoms in total. The van der Waals surface area contributed by atoms with Crippen molar-refractivity contribution in [1.29, 1.82) is 0 Å². The highest BCUT2D eigenvalue weighted by Gasteiger charge is 2.14. The van der Waals surface area contributed by atoms with Gasteiger partial charge >= 0.3 is 0 Å². The van der Waals surface area contributed by atoms with Crippen LogP contribution in [-0.2, 0) is 4.79 Å². The highest BCUT2D eigenvalue weighted by Crippen LogP contribution is 2.05. The number of rotatable bonds is 3. The minimum Gasteiger partial charge on any atom is -0.399 e. The van der Waals surface area contributed by atoms with Gasteiger partial charge in [0.2, 0.25) is 5.91 Å². The molecule has 6 heteroatoms. The van der Waals surface area contributed by atoms with Gasteiger partial charge in [-0.25, -0.2) is 0 Å². The maximum Gasteiger partial charge on any atom is 0.251 e. The van der Waals surface area contributed by atoms with Crippen LogP contribution in [0, 0.1) is 0 Å². The molecule has 0 bridgehead atoms. The van der Waals surface area contributed by atoms with Gasteiger partial charge in [0, 0.05) is 16.8 Å². The molecule has 1 aromatic rings. The lowest BCUT2D eigenvalue weighted by Gasteiger charge is -2.20. The zero-order valence-corrected chi connectivity index (χ0v) is 12.1. The molecule has 0 spiro atoms. The molecule has 0 aliphatic carbocycles. The Morgan fingerprint density at radius 2 is 1.89 bits per heavy atom. The van der Waals surface area contributed by atoms with E-state index in [1.54, 1.807) is 24.3 Å². The third kappa shape index (κ3) is 6.67. The number of carbonyl (C=O) groups is 2. The molecular weight excluding hydrogens is 266 g/mol. The smallest absolute Gasteiger partial charge is 0.251 e. The average molecular weight is 286 g/mol. The van der Waals surface area contributed by atoms with Crippen LogP contribution in [0.1, 0.15) is 31.1 Å². The molecule has 0 aliphatic rings. The molecule has 0 saturated heterocycles. The van der Waals surface area contributed by atoms with Crippen LogP contribution in [0.25, 0.3) is 0 Å². The van der Waals surface area contributed by atoms with E-state index in [1.165, 1.54) is 0 Å². The first kappa shape index (κ1) is 17.2. The number of nitrogen functional groups attached to an aromatic ring is 1. The Morgan fingerprint density at radius 3 is 2.42 bits per heavy atom. The second-order valence-corrected chi connectivity index (χ2v) is 5.11. The number of halogens is 1. The number of benzene rings is 1. The number of hydrogen-bond donors (Lipinski definition) is 3. The Balaban J connectivity index is 0.00000324. The standard InChI is InChI=1S/C13H19N3O2.ClH/c1-13(2,3)16-11(17)8-15-12(18)9-5-4-6-10(14)7-9;/h4-7H,8,14H2,1-3H3,(H,15,18)(H,16,17);1H. The van der Waals surface area contributed by atoms with Crippen molar-refractivity contribution in [1.82, 2.24) is 10.6 Å². The van der Waals surface area contributed by atoms with Gasteiger partial charge < -0.3 is 16.4 Å². The summed E-state index contributed by atoms with van der Waals surface area (Å²) in [5.41, 5.74) is 6.23. The topological polar surface area (TPSA) is 84.2 Å². The van der Waals surface area contributed by atoms with Gasteiger partial charge in [-0.3, -0.25) is 9.59 Å². The van der Waals surface area contributed by atoms with Crippen molar-refractivity contribution in [2.45, 2.75) is 26.3 Å². The summed E-state index contributed by atoms with van der Waals surface area (Å²) in [4.78, 5) is 23.2. The lowest BCUT2D eigenvalue weighted by molar-refractivity contribution is -0.121. The third-order valence-corrected chi connectivity index (χ3v) is 2.07. The molecule has 0 atom stereocenters. The van der Waals surface area contributed by atoms with Crippen molar-refractivity contribution in [2.24, 2.45) is 0 Å². The molecule has 19 heavy (non-hydrogen) atoms. The van der Waals surface area contributed by atoms with Crippen LogP contribution < -0.4 is 16.4 Å². The molecule has 106 valence electrons. The summed E-state index contributed by atoms with van der Waals surface area (Å²) in [5, 5.41) is 5.30. The van der Waals surface area contributed by atoms with E-state index in [2.05, 4.69) is 10.6 Å². The van der Waals surface area contributed by atoms with E-state index < -0.39 is 0 Å². The van der Waals surface area contributed by atoms with Gasteiger partial charge in [0.1, 0.15) is 0 Å². The summed E-state index contributed by atoms with van der Waals surface area (Å²) in [5.74, 6) is -0.536. The quantitative estimate of drug-likeness (QED) is 0.733. The summed E-state index contributed by atoms with van der Waals surface area (Å²) in [6.07, 6.45) is 0. The van der Waals surface area contributed by atoms with Crippen molar-refractivity contribution in [2.75, 3.05) is 12.3 Å². The van der Waals surface area contributed by atoms with Gasteiger partial charge in [0.25, 0.3) is 5.91 Å². The molecule has 0 unspecified atom stereocenters. The lowest BCUT2D eigenvalue weighted by atomic mass is 10.1. The molecule has 0 saturated carbocycles. The summed E-state index contributed by atoms with van der Waals surface area (Å²) < 4.78 is 0. The maximum atomic E-state index is 11.7. The predicted molar refractivity (Wildman–Crippen MR) is 78.3 cm³/mol. The first-order valence-electron chi connectivity index (χ1n) is 5.73. The van der Waals surface area contributed by atoms with E-state index in [1.807, 2.05) is 20.8 Å². The highest BCUT2D eigenvalue weighted by atomic mass is 35.5. The van der Waals surface area contributed by atoms with Crippen molar-refractivity contribution in [3.8, 4) is 0 Å². The zero-order valence-electron chi connectivity index (χ0n) is 11.3. The molecule has 0 radical (unpaired) electrons. The number of anilines is 1. The second kappa shape index (κ2) is 6.99. The highest BCUT2D eigenvalue weighted by molar-refractivity contribution is 5.97. The zero-order chi connectivity index (χ0) is 13.8. The Hall–Kier alpha value is -1.75. The molecular formula is C13H20ClN3O2. The molecule has 0 aromatic heterocycles. The number of nitrogens with one attached hydrogen (secondary N) is 2. The largest absolute Gasteiger partial charge is 0.399 e. The van der Waals surface area contributed by atoms with Crippen LogP contribution in [0.15, 0.2) is 24.3 Å². The van der Waals surface area contributed by atoms with Crippen LogP contribution in [-0.4, -0.2) is 23.9 Å². The number of nitrogens with two attached hydrogens (primary N) is 1. The van der Waals surface area contributed by atoms with Crippen LogP contribution in [0.5, 0.6) is 0 Å². The molecule has 2 amide bonds. The van der Waals surface area contributed by atoms with Crippen molar-refractivity contribution in [3.05, 3.63) is 29.8 Å². The molecule has 0 heterocycles. The van der Waals surface area contributed by atoms with Crippen LogP contribution in [0.2, 0.25) is 0 Å². The Bertz CT molecular complexity index is 455. The fourth-order valence-corrected chi connectivity index (χ4v) is 1.40. The first-order chi connectivity index (χ1) is 8.28. The fraction of sp³-hybridized carbons (Fsp3) is 0.385. The summed E-state index contributed by atoms with van der Waals surface area (Å²) in [6.45, 7) is 5.59. The second-order valence-electron chi connectivity index (χ2n) is 5.11. The summed E-state index contributed by atoms with van der Waals surface area (Å²) in [7, 11) is 0. The van der Waals surface area contributed by atoms with E-state index in [4.69, 9.17) is 5.73 Å². The van der Waals surface area contributed by atoms with Crippen LogP contribution in [0.3, 0.4) is 0 Å². The molecule has 4 N–H and O–H groups in total. The maximum absolute atomic E-state index is 11.7. The predicted octanol–water partition coefficient (Wildman–Crippen LogP) is 1.34. The van der Waals surface area contributed by atoms with E-state index in [0.29, 0.717) is 11.3 Å². The van der Waals surface area contributed by atoms with Crippen LogP contribution in [0.4, 0.5) is 5.69 Å². The minimum atomic E-state index is -0.314.